The number of para-hydroxylation sites is 1. The van der Waals surface area contributed by atoms with Crippen LogP contribution in [0.2, 0.25) is 0 Å². The third kappa shape index (κ3) is 3.76. The number of ether oxygens (including phenoxy) is 1. The van der Waals surface area contributed by atoms with Gasteiger partial charge in [-0.1, -0.05) is 35.5 Å². The van der Waals surface area contributed by atoms with Crippen molar-refractivity contribution in [3.05, 3.63) is 71.4 Å². The first kappa shape index (κ1) is 18.2. The second-order valence-electron chi connectivity index (χ2n) is 7.09. The lowest BCUT2D eigenvalue weighted by Gasteiger charge is -2.18. The number of anilines is 1. The van der Waals surface area contributed by atoms with E-state index in [1.165, 1.54) is 5.56 Å². The molecule has 0 aliphatic carbocycles. The van der Waals surface area contributed by atoms with Crippen LogP contribution in [0.5, 0.6) is 5.75 Å². The lowest BCUT2D eigenvalue weighted by atomic mass is 10.1. The van der Waals surface area contributed by atoms with Gasteiger partial charge in [-0.15, -0.1) is 0 Å². The summed E-state index contributed by atoms with van der Waals surface area (Å²) in [7, 11) is 1.66. The summed E-state index contributed by atoms with van der Waals surface area (Å²) in [5.41, 5.74) is 3.23. The zero-order chi connectivity index (χ0) is 19.5. The first-order valence-electron chi connectivity index (χ1n) is 9.45. The molecule has 1 aliphatic rings. The van der Waals surface area contributed by atoms with E-state index < -0.39 is 0 Å². The Bertz CT molecular complexity index is 965. The first-order chi connectivity index (χ1) is 13.6. The molecule has 2 heterocycles. The van der Waals surface area contributed by atoms with Gasteiger partial charge in [-0.05, 0) is 42.7 Å². The van der Waals surface area contributed by atoms with Crippen molar-refractivity contribution in [2.45, 2.75) is 32.1 Å². The Kier molecular flexibility index (Phi) is 5.10. The van der Waals surface area contributed by atoms with Gasteiger partial charge in [0.25, 0.3) is 0 Å². The van der Waals surface area contributed by atoms with Gasteiger partial charge in [-0.25, -0.2) is 0 Å². The Morgan fingerprint density at radius 2 is 1.93 bits per heavy atom. The molecule has 1 aliphatic heterocycles. The molecule has 6 nitrogen and oxygen atoms in total. The van der Waals surface area contributed by atoms with Crippen molar-refractivity contribution in [3.63, 3.8) is 0 Å². The van der Waals surface area contributed by atoms with E-state index in [2.05, 4.69) is 10.1 Å². The van der Waals surface area contributed by atoms with Crippen molar-refractivity contribution in [2.75, 3.05) is 18.6 Å². The van der Waals surface area contributed by atoms with Crippen LogP contribution < -0.4 is 9.64 Å². The van der Waals surface area contributed by atoms with Gasteiger partial charge in [-0.3, -0.25) is 4.79 Å². The summed E-state index contributed by atoms with van der Waals surface area (Å²) < 4.78 is 10.6. The molecule has 1 atom stereocenters. The second kappa shape index (κ2) is 7.84. The number of rotatable bonds is 6. The van der Waals surface area contributed by atoms with Crippen LogP contribution >= 0.6 is 0 Å². The highest BCUT2D eigenvalue weighted by molar-refractivity contribution is 5.97. The Hall–Kier alpha value is -3.15. The van der Waals surface area contributed by atoms with Gasteiger partial charge in [0.1, 0.15) is 5.75 Å². The smallest absolute Gasteiger partial charge is 0.227 e. The Morgan fingerprint density at radius 1 is 1.14 bits per heavy atom. The maximum Gasteiger partial charge on any atom is 0.227 e. The molecule has 4 rings (SSSR count). The van der Waals surface area contributed by atoms with Gasteiger partial charge >= 0.3 is 0 Å². The molecule has 1 aromatic heterocycles. The zero-order valence-corrected chi connectivity index (χ0v) is 16.1. The van der Waals surface area contributed by atoms with Gasteiger partial charge < -0.3 is 14.2 Å². The summed E-state index contributed by atoms with van der Waals surface area (Å²) in [4.78, 5) is 18.9. The largest absolute Gasteiger partial charge is 0.497 e. The predicted molar refractivity (Wildman–Crippen MR) is 106 cm³/mol. The van der Waals surface area contributed by atoms with E-state index in [1.807, 2.05) is 60.4 Å². The van der Waals surface area contributed by atoms with Crippen molar-refractivity contribution in [1.82, 2.24) is 10.1 Å². The molecular weight excluding hydrogens is 354 g/mol. The predicted octanol–water partition coefficient (Wildman–Crippen LogP) is 3.69. The van der Waals surface area contributed by atoms with Crippen LogP contribution in [0, 0.1) is 6.92 Å². The molecule has 1 fully saturated rings. The molecular formula is C22H23N3O3. The number of aromatic nitrogens is 2. The van der Waals surface area contributed by atoms with Crippen LogP contribution in [0.4, 0.5) is 5.69 Å². The summed E-state index contributed by atoms with van der Waals surface area (Å²) in [5, 5.41) is 4.14. The van der Waals surface area contributed by atoms with Crippen LogP contribution in [-0.4, -0.2) is 29.7 Å². The van der Waals surface area contributed by atoms with Crippen molar-refractivity contribution >= 4 is 11.6 Å². The van der Waals surface area contributed by atoms with Crippen molar-refractivity contribution in [1.29, 1.82) is 0 Å². The lowest BCUT2D eigenvalue weighted by molar-refractivity contribution is -0.117. The number of carbonyl (C=O) groups excluding carboxylic acids is 1. The van der Waals surface area contributed by atoms with Gasteiger partial charge in [0.05, 0.1) is 7.11 Å². The maximum atomic E-state index is 12.5. The number of methoxy groups -OCH3 is 1. The fraction of sp³-hybridized carbons (Fsp3) is 0.318. The van der Waals surface area contributed by atoms with Crippen LogP contribution in [0.15, 0.2) is 53.1 Å². The molecule has 1 unspecified atom stereocenters. The van der Waals surface area contributed by atoms with E-state index in [0.717, 1.165) is 23.4 Å². The fourth-order valence-corrected chi connectivity index (χ4v) is 3.56. The quantitative estimate of drug-likeness (QED) is 0.655. The van der Waals surface area contributed by atoms with Gasteiger partial charge in [-0.2, -0.15) is 4.98 Å². The van der Waals surface area contributed by atoms with Crippen LogP contribution in [0.3, 0.4) is 0 Å². The summed E-state index contributed by atoms with van der Waals surface area (Å²) in [6.07, 6.45) is 1.89. The molecule has 0 radical (unpaired) electrons. The number of nitrogens with zero attached hydrogens (tertiary/aromatic N) is 3. The number of aryl methyl sites for hydroxylation is 3. The first-order valence-corrected chi connectivity index (χ1v) is 9.45. The molecule has 144 valence electrons. The van der Waals surface area contributed by atoms with E-state index in [1.54, 1.807) is 7.11 Å². The SMILES string of the molecule is COc1ccc(CCc2nc(C3CC(=O)N(c4ccccc4C)C3)no2)cc1. The molecule has 2 aromatic carbocycles. The summed E-state index contributed by atoms with van der Waals surface area (Å²) in [6.45, 7) is 2.60. The van der Waals surface area contributed by atoms with Crippen LogP contribution in [0.25, 0.3) is 0 Å². The van der Waals surface area contributed by atoms with Crippen LogP contribution in [-0.2, 0) is 17.6 Å². The normalized spacial score (nSPS) is 16.6. The molecule has 0 N–H and O–H groups in total. The Labute approximate surface area is 164 Å². The monoisotopic (exact) mass is 377 g/mol. The number of amides is 1. The summed E-state index contributed by atoms with van der Waals surface area (Å²) in [6, 6.07) is 15.9. The Balaban J connectivity index is 1.40. The van der Waals surface area contributed by atoms with Crippen molar-refractivity contribution in [2.24, 2.45) is 0 Å². The number of carbonyl (C=O) groups is 1. The minimum atomic E-state index is -0.0365. The fourth-order valence-electron chi connectivity index (χ4n) is 3.56. The summed E-state index contributed by atoms with van der Waals surface area (Å²) >= 11 is 0. The average molecular weight is 377 g/mol. The molecule has 0 spiro atoms. The standard InChI is InChI=1S/C22H23N3O3/c1-15-5-3-4-6-19(15)25-14-17(13-21(25)26)22-23-20(28-24-22)12-9-16-7-10-18(27-2)11-8-16/h3-8,10-11,17H,9,12-14H2,1-2H3. The van der Waals surface area contributed by atoms with Crippen molar-refractivity contribution in [3.8, 4) is 5.75 Å². The second-order valence-corrected chi connectivity index (χ2v) is 7.09. The van der Waals surface area contributed by atoms with Gasteiger partial charge in [0.15, 0.2) is 5.82 Å². The van der Waals surface area contributed by atoms with Gasteiger partial charge in [0, 0.05) is 31.0 Å². The minimum absolute atomic E-state index is 0.0365. The number of hydrogen-bond acceptors (Lipinski definition) is 5. The number of benzene rings is 2. The molecule has 0 bridgehead atoms. The molecule has 0 saturated carbocycles. The van der Waals surface area contributed by atoms with E-state index in [0.29, 0.717) is 31.1 Å². The van der Waals surface area contributed by atoms with Crippen LogP contribution in [0.1, 0.15) is 35.2 Å². The van der Waals surface area contributed by atoms with E-state index >= 15 is 0 Å². The third-order valence-electron chi connectivity index (χ3n) is 5.17. The molecule has 1 amide bonds. The highest BCUT2D eigenvalue weighted by Gasteiger charge is 2.35. The lowest BCUT2D eigenvalue weighted by Crippen LogP contribution is -2.25. The highest BCUT2D eigenvalue weighted by Crippen LogP contribution is 2.32. The van der Waals surface area contributed by atoms with E-state index in [9.17, 15) is 4.79 Å². The zero-order valence-electron chi connectivity index (χ0n) is 16.1. The summed E-state index contributed by atoms with van der Waals surface area (Å²) in [5.74, 6) is 2.13. The average Bonchev–Trinajstić information content (AvgIpc) is 3.34. The minimum Gasteiger partial charge on any atom is -0.497 e. The topological polar surface area (TPSA) is 68.5 Å². The molecule has 3 aromatic rings. The Morgan fingerprint density at radius 3 is 2.68 bits per heavy atom. The maximum absolute atomic E-state index is 12.5. The van der Waals surface area contributed by atoms with Crippen molar-refractivity contribution < 1.29 is 14.1 Å². The molecule has 28 heavy (non-hydrogen) atoms. The third-order valence-corrected chi connectivity index (χ3v) is 5.17. The molecule has 6 heteroatoms. The highest BCUT2D eigenvalue weighted by atomic mass is 16.5. The molecule has 1 saturated heterocycles. The van der Waals surface area contributed by atoms with E-state index in [4.69, 9.17) is 9.26 Å². The van der Waals surface area contributed by atoms with E-state index in [-0.39, 0.29) is 11.8 Å². The van der Waals surface area contributed by atoms with Gasteiger partial charge in [0.2, 0.25) is 11.8 Å². The number of hydrogen-bond donors (Lipinski definition) is 0.